The fraction of sp³-hybridized carbons (Fsp3) is 0.364. The maximum absolute atomic E-state index is 11.5. The molecule has 0 atom stereocenters. The molecule has 8 heteroatoms. The molecule has 2 N–H and O–H groups in total. The summed E-state index contributed by atoms with van der Waals surface area (Å²) in [4.78, 5) is 31.7. The van der Waals surface area contributed by atoms with Crippen molar-refractivity contribution in [2.75, 3.05) is 13.3 Å². The summed E-state index contributed by atoms with van der Waals surface area (Å²) >= 11 is 0. The van der Waals surface area contributed by atoms with Crippen molar-refractivity contribution in [1.29, 1.82) is 0 Å². The first-order valence-electron chi connectivity index (χ1n) is 5.34. The van der Waals surface area contributed by atoms with Crippen molar-refractivity contribution < 1.29 is 54.1 Å². The van der Waals surface area contributed by atoms with Crippen LogP contribution in [0.2, 0.25) is 0 Å². The molecule has 0 saturated heterocycles. The first-order chi connectivity index (χ1) is 8.42. The minimum absolute atomic E-state index is 0. The van der Waals surface area contributed by atoms with Crippen molar-refractivity contribution in [2.24, 2.45) is 4.99 Å². The summed E-state index contributed by atoms with van der Waals surface area (Å²) in [6, 6.07) is 6.81. The largest absolute Gasteiger partial charge is 1.00 e. The van der Waals surface area contributed by atoms with Crippen LogP contribution >= 0.6 is 7.94 Å². The second-order valence-electron chi connectivity index (χ2n) is 3.67. The maximum atomic E-state index is 11.5. The van der Waals surface area contributed by atoms with Crippen molar-refractivity contribution >= 4 is 19.5 Å². The van der Waals surface area contributed by atoms with E-state index in [-0.39, 0.29) is 48.6 Å². The Morgan fingerprint density at radius 1 is 1.37 bits per heavy atom. The molecule has 0 saturated carbocycles. The molecule has 0 bridgehead atoms. The van der Waals surface area contributed by atoms with Gasteiger partial charge in [-0.15, -0.1) is 0 Å². The number of para-hydroxylation sites is 2. The minimum atomic E-state index is -4.04. The zero-order valence-corrected chi connectivity index (χ0v) is 13.8. The molecule has 0 aliphatic heterocycles. The number of hydrogen-bond acceptors (Lipinski definition) is 6. The van der Waals surface area contributed by atoms with Crippen LogP contribution in [0.4, 0.5) is 5.69 Å². The van der Waals surface area contributed by atoms with E-state index in [1.54, 1.807) is 24.3 Å². The molecule has 0 aliphatic rings. The molecule has 1 rings (SSSR count). The monoisotopic (exact) mass is 295 g/mol. The molecule has 0 radical (unpaired) electrons. The van der Waals surface area contributed by atoms with Gasteiger partial charge < -0.3 is 14.7 Å². The van der Waals surface area contributed by atoms with Crippen LogP contribution in [0.25, 0.3) is 0 Å². The van der Waals surface area contributed by atoms with Gasteiger partial charge in [0.1, 0.15) is 17.6 Å². The molecule has 0 unspecified atom stereocenters. The Hall–Kier alpha value is -0.200. The van der Waals surface area contributed by atoms with Crippen LogP contribution in [0.3, 0.4) is 0 Å². The van der Waals surface area contributed by atoms with Crippen LogP contribution in [-0.2, 0) is 0 Å². The van der Waals surface area contributed by atoms with Crippen LogP contribution in [0, 0.1) is 0 Å². The second kappa shape index (κ2) is 8.87. The van der Waals surface area contributed by atoms with E-state index in [1.807, 2.05) is 0 Å². The Labute approximate surface area is 134 Å². The van der Waals surface area contributed by atoms with Crippen molar-refractivity contribution in [2.45, 2.75) is 12.8 Å². The number of methoxy groups -OCH3 is 1. The predicted octanol–water partition coefficient (Wildman–Crippen LogP) is -3.02. The van der Waals surface area contributed by atoms with Gasteiger partial charge in [0.25, 0.3) is 0 Å². The predicted molar refractivity (Wildman–Crippen MR) is 65.5 cm³/mol. The number of aliphatic imine (C=N–C) groups is 1. The van der Waals surface area contributed by atoms with E-state index in [9.17, 15) is 10.00 Å². The first kappa shape index (κ1) is 18.8. The van der Waals surface area contributed by atoms with Gasteiger partial charge in [-0.2, -0.15) is 0 Å². The van der Waals surface area contributed by atoms with Gasteiger partial charge in [-0.05, 0) is 30.9 Å². The van der Waals surface area contributed by atoms with Crippen molar-refractivity contribution in [3.05, 3.63) is 24.3 Å². The average Bonchev–Trinajstić information content (AvgIpc) is 2.28. The Bertz CT molecular complexity index is 422. The molecule has 0 aromatic heterocycles. The van der Waals surface area contributed by atoms with Crippen LogP contribution < -0.4 is 44.3 Å². The normalized spacial score (nSPS) is 11.9. The number of ether oxygens (including phenoxy) is 1. The summed E-state index contributed by atoms with van der Waals surface area (Å²) in [5.41, 5.74) is 0.418. The summed E-state index contributed by atoms with van der Waals surface area (Å²) in [5, 5.41) is 11.5. The zero-order chi connectivity index (χ0) is 13.6. The van der Waals surface area contributed by atoms with E-state index >= 15 is 0 Å². The Balaban J connectivity index is 0.00000324. The Morgan fingerprint density at radius 3 is 2.58 bits per heavy atom. The summed E-state index contributed by atoms with van der Waals surface area (Å²) in [5.74, 6) is 0.0637. The smallest absolute Gasteiger partial charge is 0.862 e. The van der Waals surface area contributed by atoms with Gasteiger partial charge in [-0.3, -0.25) is 4.99 Å². The van der Waals surface area contributed by atoms with Gasteiger partial charge >= 0.3 is 29.6 Å². The zero-order valence-electron chi connectivity index (χ0n) is 10.9. The van der Waals surface area contributed by atoms with E-state index in [4.69, 9.17) is 14.5 Å². The van der Waals surface area contributed by atoms with Gasteiger partial charge in [0.2, 0.25) is 7.94 Å². The molecule has 0 spiro atoms. The number of nitrogens with zero attached hydrogens (tertiary/aromatic N) is 1. The molecular formula is C11H15NNaO5P. The third kappa shape index (κ3) is 7.84. The van der Waals surface area contributed by atoms with Crippen LogP contribution in [0.15, 0.2) is 29.3 Å². The molecule has 0 heterocycles. The quantitative estimate of drug-likeness (QED) is 0.251. The molecule has 1 aromatic rings. The molecule has 0 fully saturated rings. The number of rotatable bonds is 6. The third-order valence-corrected chi connectivity index (χ3v) is 3.07. The maximum Gasteiger partial charge on any atom is 1.00 e. The van der Waals surface area contributed by atoms with Crippen molar-refractivity contribution in [3.63, 3.8) is 0 Å². The molecule has 1 aromatic carbocycles. The number of hydrogen-bond donors (Lipinski definition) is 2. The summed E-state index contributed by atoms with van der Waals surface area (Å²) in [7, 11) is -2.56. The SMILES string of the molecule is COc1ccccc1N=C([O-])CCC[P+]([O-])(O)O.[Na+]. The fourth-order valence-corrected chi connectivity index (χ4v) is 1.92. The van der Waals surface area contributed by atoms with E-state index in [0.29, 0.717) is 11.4 Å². The van der Waals surface area contributed by atoms with Gasteiger partial charge in [0.05, 0.1) is 7.11 Å². The average molecular weight is 295 g/mol. The molecule has 100 valence electrons. The van der Waals surface area contributed by atoms with Crippen LogP contribution in [0.5, 0.6) is 5.75 Å². The van der Waals surface area contributed by atoms with E-state index in [2.05, 4.69) is 4.99 Å². The first-order valence-corrected chi connectivity index (χ1v) is 7.14. The second-order valence-corrected chi connectivity index (χ2v) is 5.45. The van der Waals surface area contributed by atoms with E-state index in [0.717, 1.165) is 0 Å². The third-order valence-electron chi connectivity index (χ3n) is 2.17. The number of benzene rings is 1. The summed E-state index contributed by atoms with van der Waals surface area (Å²) < 4.78 is 5.03. The van der Waals surface area contributed by atoms with Crippen molar-refractivity contribution in [3.8, 4) is 5.75 Å². The fourth-order valence-electron chi connectivity index (χ4n) is 1.35. The van der Waals surface area contributed by atoms with E-state index in [1.165, 1.54) is 7.11 Å². The van der Waals surface area contributed by atoms with Crippen LogP contribution in [-0.4, -0.2) is 29.0 Å². The topological polar surface area (TPSA) is 108 Å². The summed E-state index contributed by atoms with van der Waals surface area (Å²) in [6.07, 6.45) is -0.189. The van der Waals surface area contributed by atoms with Gasteiger partial charge in [0, 0.05) is 0 Å². The molecule has 0 aliphatic carbocycles. The summed E-state index contributed by atoms with van der Waals surface area (Å²) in [6.45, 7) is 0. The van der Waals surface area contributed by atoms with Gasteiger partial charge in [0.15, 0.2) is 0 Å². The van der Waals surface area contributed by atoms with Gasteiger partial charge in [-0.1, -0.05) is 12.1 Å². The van der Waals surface area contributed by atoms with E-state index < -0.39 is 13.8 Å². The molecular weight excluding hydrogens is 280 g/mol. The standard InChI is InChI=1S/C11H16NO5P.Na/c1-17-10-6-3-2-5-9(10)12-11(13)7-4-8-18(14,15)16;/h2-3,5-6H,4,7-8H2,1H3,(H,12,13)(H2,14,15,16);/q;+1/p-1. The van der Waals surface area contributed by atoms with Crippen molar-refractivity contribution in [1.82, 2.24) is 0 Å². The molecule has 6 nitrogen and oxygen atoms in total. The molecule has 19 heavy (non-hydrogen) atoms. The Kier molecular flexibility index (Phi) is 8.78. The Morgan fingerprint density at radius 2 is 2.00 bits per heavy atom. The van der Waals surface area contributed by atoms with Gasteiger partial charge in [-0.25, -0.2) is 9.79 Å². The molecule has 0 amide bonds. The van der Waals surface area contributed by atoms with Crippen LogP contribution in [0.1, 0.15) is 12.8 Å². The minimum Gasteiger partial charge on any atom is -0.862 e.